The van der Waals surface area contributed by atoms with Gasteiger partial charge in [0.2, 0.25) is 0 Å². The predicted molar refractivity (Wildman–Crippen MR) is 80.2 cm³/mol. The monoisotopic (exact) mass is 276 g/mol. The van der Waals surface area contributed by atoms with E-state index in [0.717, 1.165) is 23.3 Å². The summed E-state index contributed by atoms with van der Waals surface area (Å²) in [6.45, 7) is 4.32. The van der Waals surface area contributed by atoms with Gasteiger partial charge in [0.15, 0.2) is 0 Å². The molecule has 1 aromatic heterocycles. The highest BCUT2D eigenvalue weighted by atomic mass is 16.5. The van der Waals surface area contributed by atoms with Gasteiger partial charge in [0, 0.05) is 32.4 Å². The fraction of sp³-hybridized carbons (Fsp3) is 0.500. The fourth-order valence-corrected chi connectivity index (χ4v) is 2.95. The van der Waals surface area contributed by atoms with Crippen molar-refractivity contribution in [3.8, 4) is 0 Å². The number of hydrogen-bond donors (Lipinski definition) is 1. The van der Waals surface area contributed by atoms with E-state index < -0.39 is 0 Å². The van der Waals surface area contributed by atoms with E-state index in [2.05, 4.69) is 11.8 Å². The third kappa shape index (κ3) is 1.79. The van der Waals surface area contributed by atoms with Crippen LogP contribution in [-0.4, -0.2) is 34.9 Å². The van der Waals surface area contributed by atoms with Crippen molar-refractivity contribution in [1.82, 2.24) is 9.13 Å². The van der Waals surface area contributed by atoms with E-state index in [9.17, 15) is 4.79 Å². The highest BCUT2D eigenvalue weighted by molar-refractivity contribution is 5.93. The van der Waals surface area contributed by atoms with Gasteiger partial charge in [0.25, 0.3) is 0 Å². The minimum Gasteiger partial charge on any atom is -0.399 e. The molecule has 0 amide bonds. The van der Waals surface area contributed by atoms with Crippen molar-refractivity contribution < 1.29 is 4.74 Å². The molecule has 0 bridgehead atoms. The molecule has 6 nitrogen and oxygen atoms in total. The van der Waals surface area contributed by atoms with E-state index in [0.29, 0.717) is 18.9 Å². The number of fused-ring (bicyclic) bond motifs is 1. The number of hydrogen-bond acceptors (Lipinski definition) is 4. The second kappa shape index (κ2) is 4.56. The van der Waals surface area contributed by atoms with E-state index in [-0.39, 0.29) is 11.7 Å². The van der Waals surface area contributed by atoms with Crippen LogP contribution in [0.4, 0.5) is 11.4 Å². The molecule has 0 unspecified atom stereocenters. The number of nitrogens with zero attached hydrogens (tertiary/aromatic N) is 3. The van der Waals surface area contributed by atoms with Crippen molar-refractivity contribution in [3.63, 3.8) is 0 Å². The van der Waals surface area contributed by atoms with Crippen LogP contribution in [0.5, 0.6) is 0 Å². The SMILES string of the molecule is C[C@H]1COCCN1c1cc(N)cc2c1n(C)c(=O)n2C. The molecule has 1 atom stereocenters. The molecule has 0 spiro atoms. The molecule has 1 fully saturated rings. The maximum absolute atomic E-state index is 12.2. The lowest BCUT2D eigenvalue weighted by atomic mass is 10.1. The molecule has 0 radical (unpaired) electrons. The van der Waals surface area contributed by atoms with Crippen LogP contribution in [-0.2, 0) is 18.8 Å². The van der Waals surface area contributed by atoms with Gasteiger partial charge in [0.1, 0.15) is 0 Å². The van der Waals surface area contributed by atoms with Crippen molar-refractivity contribution in [2.24, 2.45) is 14.1 Å². The zero-order chi connectivity index (χ0) is 14.4. The Labute approximate surface area is 117 Å². The molecule has 2 heterocycles. The third-order valence-corrected chi connectivity index (χ3v) is 4.04. The van der Waals surface area contributed by atoms with Gasteiger partial charge in [-0.05, 0) is 19.1 Å². The highest BCUT2D eigenvalue weighted by Crippen LogP contribution is 2.31. The van der Waals surface area contributed by atoms with E-state index in [4.69, 9.17) is 10.5 Å². The molecule has 108 valence electrons. The zero-order valence-corrected chi connectivity index (χ0v) is 12.1. The number of morpholine rings is 1. The molecular weight excluding hydrogens is 256 g/mol. The number of nitrogen functional groups attached to an aromatic ring is 1. The van der Waals surface area contributed by atoms with Crippen molar-refractivity contribution in [3.05, 3.63) is 22.6 Å². The van der Waals surface area contributed by atoms with Crippen molar-refractivity contribution in [2.75, 3.05) is 30.4 Å². The van der Waals surface area contributed by atoms with E-state index in [1.54, 1.807) is 23.2 Å². The Balaban J connectivity index is 2.29. The van der Waals surface area contributed by atoms with Gasteiger partial charge >= 0.3 is 5.69 Å². The van der Waals surface area contributed by atoms with Crippen LogP contribution < -0.4 is 16.3 Å². The molecule has 1 aliphatic rings. The summed E-state index contributed by atoms with van der Waals surface area (Å²) in [6.07, 6.45) is 0. The zero-order valence-electron chi connectivity index (χ0n) is 12.1. The summed E-state index contributed by atoms with van der Waals surface area (Å²) < 4.78 is 8.81. The van der Waals surface area contributed by atoms with Gasteiger partial charge in [-0.1, -0.05) is 0 Å². The molecule has 3 rings (SSSR count). The maximum Gasteiger partial charge on any atom is 0.328 e. The summed E-state index contributed by atoms with van der Waals surface area (Å²) >= 11 is 0. The largest absolute Gasteiger partial charge is 0.399 e. The molecule has 1 aliphatic heterocycles. The molecule has 0 aliphatic carbocycles. The summed E-state index contributed by atoms with van der Waals surface area (Å²) in [6, 6.07) is 4.07. The smallest absolute Gasteiger partial charge is 0.328 e. The lowest BCUT2D eigenvalue weighted by Crippen LogP contribution is -2.44. The number of benzene rings is 1. The summed E-state index contributed by atoms with van der Waals surface area (Å²) in [5, 5.41) is 0. The average molecular weight is 276 g/mol. The second-order valence-corrected chi connectivity index (χ2v) is 5.43. The molecule has 2 N–H and O–H groups in total. The van der Waals surface area contributed by atoms with E-state index in [1.165, 1.54) is 0 Å². The van der Waals surface area contributed by atoms with Crippen molar-refractivity contribution >= 4 is 22.4 Å². The normalized spacial score (nSPS) is 19.8. The van der Waals surface area contributed by atoms with E-state index in [1.807, 2.05) is 12.1 Å². The Morgan fingerprint density at radius 1 is 1.30 bits per heavy atom. The first-order chi connectivity index (χ1) is 9.50. The number of anilines is 2. The highest BCUT2D eigenvalue weighted by Gasteiger charge is 2.23. The van der Waals surface area contributed by atoms with Gasteiger partial charge in [-0.25, -0.2) is 4.79 Å². The summed E-state index contributed by atoms with van der Waals surface area (Å²) in [7, 11) is 3.58. The Kier molecular flexibility index (Phi) is 2.97. The lowest BCUT2D eigenvalue weighted by Gasteiger charge is -2.35. The lowest BCUT2D eigenvalue weighted by molar-refractivity contribution is 0.0990. The number of aromatic nitrogens is 2. The molecule has 2 aromatic rings. The Morgan fingerprint density at radius 2 is 2.05 bits per heavy atom. The van der Waals surface area contributed by atoms with Crippen LogP contribution in [0.25, 0.3) is 11.0 Å². The standard InChI is InChI=1S/C14H20N4O2/c1-9-8-20-5-4-18(9)12-7-10(15)6-11-13(12)17(3)14(19)16(11)2/h6-7,9H,4-5,8,15H2,1-3H3/t9-/m0/s1. The van der Waals surface area contributed by atoms with Crippen molar-refractivity contribution in [1.29, 1.82) is 0 Å². The van der Waals surface area contributed by atoms with Gasteiger partial charge in [-0.2, -0.15) is 0 Å². The quantitative estimate of drug-likeness (QED) is 0.778. The Hall–Kier alpha value is -1.95. The molecule has 0 saturated carbocycles. The van der Waals surface area contributed by atoms with Crippen LogP contribution in [0.3, 0.4) is 0 Å². The molecule has 1 saturated heterocycles. The number of ether oxygens (including phenoxy) is 1. The minimum atomic E-state index is -0.0345. The van der Waals surface area contributed by atoms with Gasteiger partial charge in [-0.15, -0.1) is 0 Å². The molecule has 6 heteroatoms. The maximum atomic E-state index is 12.2. The number of aryl methyl sites for hydroxylation is 2. The first-order valence-corrected chi connectivity index (χ1v) is 6.80. The van der Waals surface area contributed by atoms with Crippen molar-refractivity contribution in [2.45, 2.75) is 13.0 Å². The van der Waals surface area contributed by atoms with Crippen LogP contribution in [0.2, 0.25) is 0 Å². The number of imidazole rings is 1. The molecule has 20 heavy (non-hydrogen) atoms. The molecule has 1 aromatic carbocycles. The van der Waals surface area contributed by atoms with Gasteiger partial charge in [0.05, 0.1) is 29.9 Å². The Morgan fingerprint density at radius 3 is 2.75 bits per heavy atom. The summed E-state index contributed by atoms with van der Waals surface area (Å²) in [4.78, 5) is 14.4. The average Bonchev–Trinajstić information content (AvgIpc) is 2.64. The second-order valence-electron chi connectivity index (χ2n) is 5.43. The van der Waals surface area contributed by atoms with Gasteiger partial charge < -0.3 is 15.4 Å². The third-order valence-electron chi connectivity index (χ3n) is 4.04. The fourth-order valence-electron chi connectivity index (χ4n) is 2.95. The van der Waals surface area contributed by atoms with Crippen LogP contribution in [0.15, 0.2) is 16.9 Å². The number of rotatable bonds is 1. The van der Waals surface area contributed by atoms with Crippen LogP contribution >= 0.6 is 0 Å². The topological polar surface area (TPSA) is 65.4 Å². The summed E-state index contributed by atoms with van der Waals surface area (Å²) in [5.41, 5.74) is 9.47. The first-order valence-electron chi connectivity index (χ1n) is 6.80. The minimum absolute atomic E-state index is 0.0345. The predicted octanol–water partition coefficient (Wildman–Crippen LogP) is 0.684. The van der Waals surface area contributed by atoms with Crippen LogP contribution in [0.1, 0.15) is 6.92 Å². The summed E-state index contributed by atoms with van der Waals surface area (Å²) in [5.74, 6) is 0. The first kappa shape index (κ1) is 13.1. The van der Waals surface area contributed by atoms with E-state index >= 15 is 0 Å². The number of nitrogens with two attached hydrogens (primary N) is 1. The molecular formula is C14H20N4O2. The Bertz CT molecular complexity index is 716. The van der Waals surface area contributed by atoms with Crippen LogP contribution in [0, 0.1) is 0 Å². The van der Waals surface area contributed by atoms with Gasteiger partial charge in [-0.3, -0.25) is 9.13 Å².